The van der Waals surface area contributed by atoms with Gasteiger partial charge in [0.15, 0.2) is 11.5 Å². The number of ether oxygens (including phenoxy) is 3. The third-order valence-electron chi connectivity index (χ3n) is 7.24. The molecule has 1 fully saturated rings. The molecule has 1 aliphatic rings. The fraction of sp³-hybridized carbons (Fsp3) is 0.333. The molecule has 0 amide bonds. The fourth-order valence-corrected chi connectivity index (χ4v) is 5.49. The van der Waals surface area contributed by atoms with E-state index in [4.69, 9.17) is 14.2 Å². The number of nitrogens with zero attached hydrogens (tertiary/aromatic N) is 2. The number of H-pyrrole nitrogens is 1. The van der Waals surface area contributed by atoms with E-state index in [0.29, 0.717) is 17.2 Å². The van der Waals surface area contributed by atoms with Crippen LogP contribution in [-0.4, -0.2) is 62.3 Å². The number of hydrogen-bond acceptors (Lipinski definition) is 5. The van der Waals surface area contributed by atoms with Gasteiger partial charge in [-0.1, -0.05) is 48.5 Å². The Labute approximate surface area is 213 Å². The molecule has 1 aliphatic heterocycles. The topological polar surface area (TPSA) is 50.0 Å². The zero-order valence-electron chi connectivity index (χ0n) is 21.6. The van der Waals surface area contributed by atoms with Gasteiger partial charge in [-0.2, -0.15) is 0 Å². The van der Waals surface area contributed by atoms with Crippen molar-refractivity contribution in [2.24, 2.45) is 0 Å². The van der Waals surface area contributed by atoms with Crippen molar-refractivity contribution >= 4 is 10.9 Å². The summed E-state index contributed by atoms with van der Waals surface area (Å²) >= 11 is 0. The van der Waals surface area contributed by atoms with Crippen molar-refractivity contribution in [3.8, 4) is 17.2 Å². The van der Waals surface area contributed by atoms with E-state index in [1.54, 1.807) is 21.3 Å². The van der Waals surface area contributed by atoms with E-state index in [-0.39, 0.29) is 6.04 Å². The minimum atomic E-state index is 0.0498. The summed E-state index contributed by atoms with van der Waals surface area (Å²) in [5.74, 6) is 1.97. The molecule has 1 saturated heterocycles. The van der Waals surface area contributed by atoms with Gasteiger partial charge in [0.2, 0.25) is 5.75 Å². The molecule has 0 aliphatic carbocycles. The van der Waals surface area contributed by atoms with Crippen LogP contribution < -0.4 is 14.2 Å². The maximum atomic E-state index is 5.74. The average molecular weight is 486 g/mol. The maximum Gasteiger partial charge on any atom is 0.203 e. The van der Waals surface area contributed by atoms with E-state index in [0.717, 1.165) is 43.8 Å². The summed E-state index contributed by atoms with van der Waals surface area (Å²) in [4.78, 5) is 8.74. The van der Waals surface area contributed by atoms with Crippen LogP contribution in [0.2, 0.25) is 0 Å². The SMILES string of the molecule is COc1cc([C@H](c2c(C)[nH]c3ccccc23)N2CCN(Cc3ccccc3)CC2)cc(OC)c1OC. The predicted molar refractivity (Wildman–Crippen MR) is 144 cm³/mol. The second-order valence-electron chi connectivity index (χ2n) is 9.37. The van der Waals surface area contributed by atoms with Crippen LogP contribution in [0, 0.1) is 6.92 Å². The molecule has 2 heterocycles. The molecular formula is C30H35N3O3. The molecule has 3 aromatic carbocycles. The molecule has 188 valence electrons. The minimum Gasteiger partial charge on any atom is -0.493 e. The molecule has 0 spiro atoms. The number of rotatable bonds is 8. The highest BCUT2D eigenvalue weighted by Gasteiger charge is 2.31. The summed E-state index contributed by atoms with van der Waals surface area (Å²) in [5, 5.41) is 1.25. The minimum absolute atomic E-state index is 0.0498. The quantitative estimate of drug-likeness (QED) is 0.362. The van der Waals surface area contributed by atoms with Crippen LogP contribution in [0.15, 0.2) is 66.7 Å². The Morgan fingerprint density at radius 2 is 1.44 bits per heavy atom. The summed E-state index contributed by atoms with van der Waals surface area (Å²) in [7, 11) is 5.00. The second-order valence-corrected chi connectivity index (χ2v) is 9.37. The van der Waals surface area contributed by atoms with Crippen LogP contribution in [-0.2, 0) is 6.54 Å². The Balaban J connectivity index is 1.53. The van der Waals surface area contributed by atoms with Crippen LogP contribution in [0.1, 0.15) is 28.4 Å². The first-order valence-corrected chi connectivity index (χ1v) is 12.5. The fourth-order valence-electron chi connectivity index (χ4n) is 5.49. The lowest BCUT2D eigenvalue weighted by atomic mass is 9.93. The molecule has 0 radical (unpaired) electrons. The number of methoxy groups -OCH3 is 3. The van der Waals surface area contributed by atoms with Crippen LogP contribution in [0.25, 0.3) is 10.9 Å². The summed E-state index contributed by atoms with van der Waals surface area (Å²) < 4.78 is 17.1. The van der Waals surface area contributed by atoms with Crippen LogP contribution >= 0.6 is 0 Å². The number of aromatic nitrogens is 1. The molecule has 36 heavy (non-hydrogen) atoms. The lowest BCUT2D eigenvalue weighted by molar-refractivity contribution is 0.105. The zero-order chi connectivity index (χ0) is 25.1. The first kappa shape index (κ1) is 24.2. The number of fused-ring (bicyclic) bond motifs is 1. The Hall–Kier alpha value is -3.48. The highest BCUT2D eigenvalue weighted by atomic mass is 16.5. The van der Waals surface area contributed by atoms with Crippen molar-refractivity contribution in [3.63, 3.8) is 0 Å². The number of hydrogen-bond donors (Lipinski definition) is 1. The Kier molecular flexibility index (Phi) is 7.16. The Morgan fingerprint density at radius 3 is 2.08 bits per heavy atom. The van der Waals surface area contributed by atoms with Gasteiger partial charge >= 0.3 is 0 Å². The lowest BCUT2D eigenvalue weighted by Gasteiger charge is -2.40. The van der Waals surface area contributed by atoms with E-state index in [1.807, 2.05) is 0 Å². The summed E-state index contributed by atoms with van der Waals surface area (Å²) in [5.41, 5.74) is 6.14. The number of para-hydroxylation sites is 1. The highest BCUT2D eigenvalue weighted by Crippen LogP contribution is 2.44. The lowest BCUT2D eigenvalue weighted by Crippen LogP contribution is -2.47. The smallest absolute Gasteiger partial charge is 0.203 e. The summed E-state index contributed by atoms with van der Waals surface area (Å²) in [6, 6.07) is 23.5. The Morgan fingerprint density at radius 1 is 0.806 bits per heavy atom. The van der Waals surface area contributed by atoms with E-state index in [9.17, 15) is 0 Å². The first-order chi connectivity index (χ1) is 17.6. The third-order valence-corrected chi connectivity index (χ3v) is 7.24. The van der Waals surface area contributed by atoms with Crippen LogP contribution in [0.5, 0.6) is 17.2 Å². The highest BCUT2D eigenvalue weighted by molar-refractivity contribution is 5.85. The van der Waals surface area contributed by atoms with Gasteiger partial charge in [-0.05, 0) is 36.2 Å². The van der Waals surface area contributed by atoms with Gasteiger partial charge in [0.1, 0.15) is 0 Å². The van der Waals surface area contributed by atoms with Gasteiger partial charge in [0.25, 0.3) is 0 Å². The molecule has 0 saturated carbocycles. The molecule has 0 unspecified atom stereocenters. The second kappa shape index (κ2) is 10.6. The predicted octanol–water partition coefficient (Wildman–Crippen LogP) is 5.41. The molecule has 1 aromatic heterocycles. The molecule has 4 aromatic rings. The number of aryl methyl sites for hydroxylation is 1. The van der Waals surface area contributed by atoms with E-state index < -0.39 is 0 Å². The molecule has 0 bridgehead atoms. The largest absolute Gasteiger partial charge is 0.493 e. The number of piperazine rings is 1. The van der Waals surface area contributed by atoms with Crippen LogP contribution in [0.3, 0.4) is 0 Å². The van der Waals surface area contributed by atoms with E-state index in [1.165, 1.54) is 22.2 Å². The zero-order valence-corrected chi connectivity index (χ0v) is 21.6. The van der Waals surface area contributed by atoms with Crippen molar-refractivity contribution in [2.45, 2.75) is 19.5 Å². The van der Waals surface area contributed by atoms with E-state index >= 15 is 0 Å². The maximum absolute atomic E-state index is 5.74. The molecular weight excluding hydrogens is 450 g/mol. The number of benzene rings is 3. The monoisotopic (exact) mass is 485 g/mol. The van der Waals surface area contributed by atoms with Gasteiger partial charge in [0.05, 0.1) is 27.4 Å². The van der Waals surface area contributed by atoms with Crippen LogP contribution in [0.4, 0.5) is 0 Å². The van der Waals surface area contributed by atoms with Gasteiger partial charge < -0.3 is 19.2 Å². The molecule has 6 nitrogen and oxygen atoms in total. The van der Waals surface area contributed by atoms with Gasteiger partial charge in [0, 0.05) is 54.9 Å². The van der Waals surface area contributed by atoms with Gasteiger partial charge in [-0.3, -0.25) is 9.80 Å². The van der Waals surface area contributed by atoms with Crippen molar-refractivity contribution < 1.29 is 14.2 Å². The number of nitrogens with one attached hydrogen (secondary N) is 1. The molecule has 1 atom stereocenters. The summed E-state index contributed by atoms with van der Waals surface area (Å²) in [6.45, 7) is 7.11. The van der Waals surface area contributed by atoms with Gasteiger partial charge in [-0.25, -0.2) is 0 Å². The average Bonchev–Trinajstić information content (AvgIpc) is 3.25. The summed E-state index contributed by atoms with van der Waals surface area (Å²) in [6.07, 6.45) is 0. The first-order valence-electron chi connectivity index (χ1n) is 12.5. The molecule has 5 rings (SSSR count). The van der Waals surface area contributed by atoms with Crippen molar-refractivity contribution in [1.29, 1.82) is 0 Å². The van der Waals surface area contributed by atoms with Crippen molar-refractivity contribution in [3.05, 3.63) is 89.1 Å². The molecule has 6 heteroatoms. The van der Waals surface area contributed by atoms with E-state index in [2.05, 4.69) is 88.4 Å². The normalized spacial score (nSPS) is 15.7. The van der Waals surface area contributed by atoms with Crippen molar-refractivity contribution in [2.75, 3.05) is 47.5 Å². The van der Waals surface area contributed by atoms with Gasteiger partial charge in [-0.15, -0.1) is 0 Å². The Bertz CT molecular complexity index is 1280. The number of aromatic amines is 1. The van der Waals surface area contributed by atoms with Crippen molar-refractivity contribution in [1.82, 2.24) is 14.8 Å². The molecule has 1 N–H and O–H groups in total. The standard InChI is InChI=1S/C30H35N3O3/c1-21-28(24-12-8-9-13-25(24)31-21)29(23-18-26(34-2)30(36-4)27(19-23)35-3)33-16-14-32(15-17-33)20-22-10-6-5-7-11-22/h5-13,18-19,29,31H,14-17,20H2,1-4H3/t29-/m1/s1. The third kappa shape index (κ3) is 4.66.